The van der Waals surface area contributed by atoms with Crippen LogP contribution in [-0.2, 0) is 11.2 Å². The van der Waals surface area contributed by atoms with E-state index in [9.17, 15) is 10.1 Å². The Bertz CT molecular complexity index is 372. The first-order valence-electron chi connectivity index (χ1n) is 5.80. The molecule has 0 aliphatic carbocycles. The fraction of sp³-hybridized carbons (Fsp3) is 0.500. The Hall–Kier alpha value is -1.46. The average Bonchev–Trinajstić information content (AvgIpc) is 2.38. The van der Waals surface area contributed by atoms with E-state index in [4.69, 9.17) is 4.74 Å². The smallest absolute Gasteiger partial charge is 0.269 e. The topological polar surface area (TPSA) is 64.4 Å². The van der Waals surface area contributed by atoms with Gasteiger partial charge in [-0.2, -0.15) is 0 Å². The van der Waals surface area contributed by atoms with Crippen LogP contribution in [-0.4, -0.2) is 30.7 Å². The van der Waals surface area contributed by atoms with E-state index in [2.05, 4.69) is 5.32 Å². The maximum atomic E-state index is 10.5. The van der Waals surface area contributed by atoms with Gasteiger partial charge in [0, 0.05) is 24.7 Å². The van der Waals surface area contributed by atoms with Gasteiger partial charge in [-0.3, -0.25) is 10.1 Å². The summed E-state index contributed by atoms with van der Waals surface area (Å²) in [6, 6.07) is 7.16. The molecule has 0 bridgehead atoms. The third-order valence-corrected chi connectivity index (χ3v) is 2.93. The Kier molecular flexibility index (Phi) is 4.06. The maximum absolute atomic E-state index is 10.5. The number of morpholine rings is 1. The summed E-state index contributed by atoms with van der Waals surface area (Å²) < 4.78 is 5.37. The molecule has 1 unspecified atom stereocenters. The molecular weight excluding hydrogens is 220 g/mol. The molecule has 0 saturated carbocycles. The van der Waals surface area contributed by atoms with Gasteiger partial charge in [-0.1, -0.05) is 12.1 Å². The molecule has 1 aromatic rings. The van der Waals surface area contributed by atoms with Crippen LogP contribution in [0.15, 0.2) is 24.3 Å². The molecule has 92 valence electrons. The largest absolute Gasteiger partial charge is 0.379 e. The quantitative estimate of drug-likeness (QED) is 0.636. The lowest BCUT2D eigenvalue weighted by Gasteiger charge is -2.23. The van der Waals surface area contributed by atoms with Crippen molar-refractivity contribution in [2.45, 2.75) is 18.9 Å². The molecule has 0 aromatic heterocycles. The zero-order chi connectivity index (χ0) is 12.1. The van der Waals surface area contributed by atoms with Crippen LogP contribution in [0.25, 0.3) is 0 Å². The van der Waals surface area contributed by atoms with Crippen LogP contribution in [0.3, 0.4) is 0 Å². The van der Waals surface area contributed by atoms with Crippen molar-refractivity contribution in [3.8, 4) is 0 Å². The van der Waals surface area contributed by atoms with E-state index >= 15 is 0 Å². The van der Waals surface area contributed by atoms with Gasteiger partial charge in [0.15, 0.2) is 0 Å². The van der Waals surface area contributed by atoms with Crippen molar-refractivity contribution in [3.63, 3.8) is 0 Å². The van der Waals surface area contributed by atoms with E-state index in [1.165, 1.54) is 0 Å². The van der Waals surface area contributed by atoms with Gasteiger partial charge in [-0.25, -0.2) is 0 Å². The van der Waals surface area contributed by atoms with Crippen molar-refractivity contribution in [3.05, 3.63) is 39.9 Å². The number of nitro groups is 1. The molecular formula is C12H16N2O3. The highest BCUT2D eigenvalue weighted by molar-refractivity contribution is 5.32. The SMILES string of the molecule is O=[N+]([O-])c1ccc(CCC2COCCN2)cc1. The molecule has 1 N–H and O–H groups in total. The molecule has 1 atom stereocenters. The van der Waals surface area contributed by atoms with Gasteiger partial charge in [0.05, 0.1) is 18.1 Å². The van der Waals surface area contributed by atoms with Crippen molar-refractivity contribution >= 4 is 5.69 Å². The molecule has 0 radical (unpaired) electrons. The zero-order valence-corrected chi connectivity index (χ0v) is 9.59. The second-order valence-corrected chi connectivity index (χ2v) is 4.19. The summed E-state index contributed by atoms with van der Waals surface area (Å²) in [7, 11) is 0. The molecule has 1 fully saturated rings. The van der Waals surface area contributed by atoms with Gasteiger partial charge in [0.25, 0.3) is 5.69 Å². The summed E-state index contributed by atoms with van der Waals surface area (Å²) in [5.41, 5.74) is 1.27. The first-order chi connectivity index (χ1) is 8.25. The van der Waals surface area contributed by atoms with Crippen LogP contribution >= 0.6 is 0 Å². The molecule has 1 saturated heterocycles. The Labute approximate surface area is 99.9 Å². The van der Waals surface area contributed by atoms with Crippen LogP contribution in [0.1, 0.15) is 12.0 Å². The van der Waals surface area contributed by atoms with Gasteiger partial charge in [-0.15, -0.1) is 0 Å². The zero-order valence-electron chi connectivity index (χ0n) is 9.59. The Morgan fingerprint density at radius 2 is 2.18 bits per heavy atom. The predicted molar refractivity (Wildman–Crippen MR) is 64.0 cm³/mol. The summed E-state index contributed by atoms with van der Waals surface area (Å²) >= 11 is 0. The Balaban J connectivity index is 1.84. The molecule has 2 rings (SSSR count). The summed E-state index contributed by atoms with van der Waals surface area (Å²) in [5.74, 6) is 0. The van der Waals surface area contributed by atoms with E-state index in [-0.39, 0.29) is 10.6 Å². The van der Waals surface area contributed by atoms with Crippen molar-refractivity contribution in [1.82, 2.24) is 5.32 Å². The lowest BCUT2D eigenvalue weighted by atomic mass is 10.0. The number of non-ortho nitro benzene ring substituents is 1. The number of hydrogen-bond donors (Lipinski definition) is 1. The molecule has 1 heterocycles. The number of hydrogen-bond acceptors (Lipinski definition) is 4. The lowest BCUT2D eigenvalue weighted by molar-refractivity contribution is -0.384. The molecule has 0 amide bonds. The standard InChI is InChI=1S/C12H16N2O3/c15-14(16)12-5-2-10(3-6-12)1-4-11-9-17-8-7-13-11/h2-3,5-6,11,13H,1,4,7-9H2. The Morgan fingerprint density at radius 1 is 1.41 bits per heavy atom. The van der Waals surface area contributed by atoms with E-state index in [1.807, 2.05) is 12.1 Å². The first kappa shape index (κ1) is 12.0. The van der Waals surface area contributed by atoms with Gasteiger partial charge in [-0.05, 0) is 18.4 Å². The van der Waals surface area contributed by atoms with E-state index < -0.39 is 0 Å². The summed E-state index contributed by atoms with van der Waals surface area (Å²) in [6.45, 7) is 2.45. The number of nitrogens with one attached hydrogen (secondary N) is 1. The molecule has 0 spiro atoms. The first-order valence-corrected chi connectivity index (χ1v) is 5.80. The summed E-state index contributed by atoms with van der Waals surface area (Å²) in [5, 5.41) is 13.9. The number of nitrogens with zero attached hydrogens (tertiary/aromatic N) is 1. The number of ether oxygens (including phenoxy) is 1. The highest BCUT2D eigenvalue weighted by Gasteiger charge is 2.12. The second kappa shape index (κ2) is 5.75. The predicted octanol–water partition coefficient (Wildman–Crippen LogP) is 1.52. The van der Waals surface area contributed by atoms with Crippen molar-refractivity contribution in [2.24, 2.45) is 0 Å². The highest BCUT2D eigenvalue weighted by atomic mass is 16.6. The molecule has 1 aromatic carbocycles. The normalized spacial score (nSPS) is 20.1. The summed E-state index contributed by atoms with van der Waals surface area (Å²) in [6.07, 6.45) is 1.91. The molecule has 1 aliphatic rings. The fourth-order valence-electron chi connectivity index (χ4n) is 1.93. The van der Waals surface area contributed by atoms with E-state index in [0.717, 1.165) is 38.2 Å². The average molecular weight is 236 g/mol. The van der Waals surface area contributed by atoms with Gasteiger partial charge in [0.1, 0.15) is 0 Å². The van der Waals surface area contributed by atoms with E-state index in [0.29, 0.717) is 6.04 Å². The van der Waals surface area contributed by atoms with Gasteiger partial charge in [0.2, 0.25) is 0 Å². The lowest BCUT2D eigenvalue weighted by Crippen LogP contribution is -2.41. The monoisotopic (exact) mass is 236 g/mol. The molecule has 5 nitrogen and oxygen atoms in total. The van der Waals surface area contributed by atoms with Crippen molar-refractivity contribution in [1.29, 1.82) is 0 Å². The number of aryl methyl sites for hydroxylation is 1. The highest BCUT2D eigenvalue weighted by Crippen LogP contribution is 2.14. The minimum atomic E-state index is -0.375. The maximum Gasteiger partial charge on any atom is 0.269 e. The summed E-state index contributed by atoms with van der Waals surface area (Å²) in [4.78, 5) is 10.1. The van der Waals surface area contributed by atoms with Crippen molar-refractivity contribution < 1.29 is 9.66 Å². The van der Waals surface area contributed by atoms with Crippen LogP contribution in [0.4, 0.5) is 5.69 Å². The van der Waals surface area contributed by atoms with Gasteiger partial charge >= 0.3 is 0 Å². The van der Waals surface area contributed by atoms with Gasteiger partial charge < -0.3 is 10.1 Å². The Morgan fingerprint density at radius 3 is 2.76 bits per heavy atom. The van der Waals surface area contributed by atoms with Crippen LogP contribution in [0, 0.1) is 10.1 Å². The van der Waals surface area contributed by atoms with Crippen molar-refractivity contribution in [2.75, 3.05) is 19.8 Å². The van der Waals surface area contributed by atoms with Crippen LogP contribution < -0.4 is 5.32 Å². The number of nitro benzene ring substituents is 1. The minimum absolute atomic E-state index is 0.146. The third-order valence-electron chi connectivity index (χ3n) is 2.93. The molecule has 5 heteroatoms. The second-order valence-electron chi connectivity index (χ2n) is 4.19. The fourth-order valence-corrected chi connectivity index (χ4v) is 1.93. The van der Waals surface area contributed by atoms with E-state index in [1.54, 1.807) is 12.1 Å². The van der Waals surface area contributed by atoms with Crippen LogP contribution in [0.5, 0.6) is 0 Å². The number of rotatable bonds is 4. The third kappa shape index (κ3) is 3.51. The molecule has 1 aliphatic heterocycles. The number of benzene rings is 1. The van der Waals surface area contributed by atoms with Crippen LogP contribution in [0.2, 0.25) is 0 Å². The molecule has 17 heavy (non-hydrogen) atoms. The minimum Gasteiger partial charge on any atom is -0.379 e.